The van der Waals surface area contributed by atoms with E-state index in [2.05, 4.69) is 26.1 Å². The zero-order valence-electron chi connectivity index (χ0n) is 9.04. The van der Waals surface area contributed by atoms with E-state index in [-0.39, 0.29) is 0 Å². The third-order valence-corrected chi connectivity index (χ3v) is 2.21. The topological polar surface area (TPSA) is 27.0 Å². The van der Waals surface area contributed by atoms with Gasteiger partial charge in [0.25, 0.3) is 0 Å². The number of hydrogen-bond acceptors (Lipinski definition) is 2. The first kappa shape index (κ1) is 10.6. The van der Waals surface area contributed by atoms with E-state index >= 15 is 0 Å². The summed E-state index contributed by atoms with van der Waals surface area (Å²) >= 11 is 0. The van der Waals surface area contributed by atoms with Gasteiger partial charge in [-0.2, -0.15) is 5.26 Å². The standard InChI is InChI=1S/C12H16N2/c1-4-7-14(9-13)12-6-5-10(2)8-11(12)3/h5-6,8H,4,7H2,1-3H3. The Morgan fingerprint density at radius 3 is 2.57 bits per heavy atom. The van der Waals surface area contributed by atoms with Crippen molar-refractivity contribution in [3.05, 3.63) is 29.3 Å². The van der Waals surface area contributed by atoms with Crippen molar-refractivity contribution >= 4 is 5.69 Å². The van der Waals surface area contributed by atoms with Crippen molar-refractivity contribution in [2.75, 3.05) is 11.4 Å². The highest BCUT2D eigenvalue weighted by molar-refractivity contribution is 5.57. The molecule has 1 rings (SSSR count). The summed E-state index contributed by atoms with van der Waals surface area (Å²) in [6, 6.07) is 6.17. The SMILES string of the molecule is CCCN(C#N)c1ccc(C)cc1C. The molecule has 0 N–H and O–H groups in total. The van der Waals surface area contributed by atoms with Gasteiger partial charge in [0, 0.05) is 6.54 Å². The van der Waals surface area contributed by atoms with Gasteiger partial charge in [-0.05, 0) is 31.9 Å². The van der Waals surface area contributed by atoms with E-state index < -0.39 is 0 Å². The van der Waals surface area contributed by atoms with Gasteiger partial charge in [-0.15, -0.1) is 0 Å². The first-order valence-electron chi connectivity index (χ1n) is 4.93. The van der Waals surface area contributed by atoms with E-state index in [0.717, 1.165) is 18.7 Å². The van der Waals surface area contributed by atoms with Crippen molar-refractivity contribution in [3.63, 3.8) is 0 Å². The number of nitrogens with zero attached hydrogens (tertiary/aromatic N) is 2. The minimum Gasteiger partial charge on any atom is -0.279 e. The summed E-state index contributed by atoms with van der Waals surface area (Å²) in [5, 5.41) is 8.98. The van der Waals surface area contributed by atoms with Gasteiger partial charge < -0.3 is 0 Å². The quantitative estimate of drug-likeness (QED) is 0.538. The van der Waals surface area contributed by atoms with Crippen LogP contribution in [0.25, 0.3) is 0 Å². The molecule has 0 aliphatic carbocycles. The summed E-state index contributed by atoms with van der Waals surface area (Å²) in [5.74, 6) is 0. The van der Waals surface area contributed by atoms with Crippen LogP contribution >= 0.6 is 0 Å². The van der Waals surface area contributed by atoms with E-state index in [9.17, 15) is 0 Å². The van der Waals surface area contributed by atoms with Gasteiger partial charge in [-0.1, -0.05) is 24.6 Å². The molecule has 0 saturated carbocycles. The van der Waals surface area contributed by atoms with Crippen LogP contribution in [0.2, 0.25) is 0 Å². The maximum absolute atomic E-state index is 8.98. The van der Waals surface area contributed by atoms with E-state index in [1.165, 1.54) is 11.1 Å². The van der Waals surface area contributed by atoms with E-state index in [0.29, 0.717) is 0 Å². The van der Waals surface area contributed by atoms with Crippen LogP contribution in [-0.2, 0) is 0 Å². The molecule has 74 valence electrons. The molecule has 0 aromatic heterocycles. The number of rotatable bonds is 3. The van der Waals surface area contributed by atoms with E-state index in [1.54, 1.807) is 4.90 Å². The van der Waals surface area contributed by atoms with Crippen LogP contribution in [0.4, 0.5) is 5.69 Å². The van der Waals surface area contributed by atoms with Gasteiger partial charge in [-0.3, -0.25) is 4.90 Å². The van der Waals surface area contributed by atoms with Crippen molar-refractivity contribution in [1.82, 2.24) is 0 Å². The van der Waals surface area contributed by atoms with Gasteiger partial charge in [0.1, 0.15) is 0 Å². The molecule has 0 aliphatic heterocycles. The lowest BCUT2D eigenvalue weighted by molar-refractivity contribution is 0.884. The van der Waals surface area contributed by atoms with Crippen molar-refractivity contribution in [3.8, 4) is 6.19 Å². The fraction of sp³-hybridized carbons (Fsp3) is 0.417. The summed E-state index contributed by atoms with van der Waals surface area (Å²) in [4.78, 5) is 1.74. The maximum atomic E-state index is 8.98. The Morgan fingerprint density at radius 1 is 1.36 bits per heavy atom. The zero-order chi connectivity index (χ0) is 10.6. The first-order chi connectivity index (χ1) is 6.69. The number of hydrogen-bond donors (Lipinski definition) is 0. The lowest BCUT2D eigenvalue weighted by Crippen LogP contribution is -2.18. The molecular weight excluding hydrogens is 172 g/mol. The van der Waals surface area contributed by atoms with Crippen LogP contribution in [0.5, 0.6) is 0 Å². The molecule has 0 fully saturated rings. The predicted octanol–water partition coefficient (Wildman–Crippen LogP) is 3.00. The maximum Gasteiger partial charge on any atom is 0.184 e. The monoisotopic (exact) mass is 188 g/mol. The third-order valence-electron chi connectivity index (χ3n) is 2.21. The number of nitriles is 1. The average molecular weight is 188 g/mol. The lowest BCUT2D eigenvalue weighted by Gasteiger charge is -2.17. The molecular formula is C12H16N2. The molecule has 0 heterocycles. The molecule has 0 aliphatic rings. The second-order valence-electron chi connectivity index (χ2n) is 3.54. The molecule has 0 spiro atoms. The molecule has 2 heteroatoms. The van der Waals surface area contributed by atoms with Gasteiger partial charge in [0.15, 0.2) is 6.19 Å². The van der Waals surface area contributed by atoms with Gasteiger partial charge in [0.05, 0.1) is 5.69 Å². The van der Waals surface area contributed by atoms with Crippen LogP contribution in [0.1, 0.15) is 24.5 Å². The molecule has 0 unspecified atom stereocenters. The fourth-order valence-electron chi connectivity index (χ4n) is 1.56. The Kier molecular flexibility index (Phi) is 3.53. The van der Waals surface area contributed by atoms with Crippen LogP contribution in [0.3, 0.4) is 0 Å². The van der Waals surface area contributed by atoms with Crippen molar-refractivity contribution < 1.29 is 0 Å². The summed E-state index contributed by atoms with van der Waals surface area (Å²) in [6.45, 7) is 6.98. The van der Waals surface area contributed by atoms with Crippen molar-refractivity contribution in [2.45, 2.75) is 27.2 Å². The highest BCUT2D eigenvalue weighted by Crippen LogP contribution is 2.20. The highest BCUT2D eigenvalue weighted by atomic mass is 15.1. The molecule has 0 atom stereocenters. The Morgan fingerprint density at radius 2 is 2.07 bits per heavy atom. The normalized spacial score (nSPS) is 9.57. The highest BCUT2D eigenvalue weighted by Gasteiger charge is 2.06. The predicted molar refractivity (Wildman–Crippen MR) is 59.2 cm³/mol. The molecule has 0 radical (unpaired) electrons. The summed E-state index contributed by atoms with van der Waals surface area (Å²) in [6.07, 6.45) is 3.20. The Labute approximate surface area is 85.8 Å². The number of aryl methyl sites for hydroxylation is 2. The van der Waals surface area contributed by atoms with Crippen LogP contribution in [-0.4, -0.2) is 6.54 Å². The third kappa shape index (κ3) is 2.26. The molecule has 0 amide bonds. The lowest BCUT2D eigenvalue weighted by atomic mass is 10.1. The van der Waals surface area contributed by atoms with Crippen LogP contribution in [0, 0.1) is 25.3 Å². The van der Waals surface area contributed by atoms with Gasteiger partial charge >= 0.3 is 0 Å². The Balaban J connectivity index is 3.00. The molecule has 1 aromatic rings. The Hall–Kier alpha value is -1.49. The smallest absolute Gasteiger partial charge is 0.184 e. The minimum absolute atomic E-state index is 0.792. The molecule has 2 nitrogen and oxygen atoms in total. The molecule has 0 bridgehead atoms. The second-order valence-corrected chi connectivity index (χ2v) is 3.54. The molecule has 1 aromatic carbocycles. The fourth-order valence-corrected chi connectivity index (χ4v) is 1.56. The van der Waals surface area contributed by atoms with Crippen LogP contribution in [0.15, 0.2) is 18.2 Å². The Bertz CT molecular complexity index is 350. The van der Waals surface area contributed by atoms with E-state index in [4.69, 9.17) is 5.26 Å². The van der Waals surface area contributed by atoms with Crippen molar-refractivity contribution in [1.29, 1.82) is 5.26 Å². The number of benzene rings is 1. The number of anilines is 1. The van der Waals surface area contributed by atoms with Gasteiger partial charge in [0.2, 0.25) is 0 Å². The van der Waals surface area contributed by atoms with Gasteiger partial charge in [-0.25, -0.2) is 0 Å². The average Bonchev–Trinajstić information content (AvgIpc) is 2.15. The first-order valence-corrected chi connectivity index (χ1v) is 4.93. The summed E-state index contributed by atoms with van der Waals surface area (Å²) < 4.78 is 0. The largest absolute Gasteiger partial charge is 0.279 e. The molecule has 0 saturated heterocycles. The summed E-state index contributed by atoms with van der Waals surface area (Å²) in [5.41, 5.74) is 3.43. The second kappa shape index (κ2) is 4.66. The van der Waals surface area contributed by atoms with Crippen molar-refractivity contribution in [2.24, 2.45) is 0 Å². The van der Waals surface area contributed by atoms with Crippen LogP contribution < -0.4 is 4.90 Å². The zero-order valence-corrected chi connectivity index (χ0v) is 9.04. The minimum atomic E-state index is 0.792. The molecule has 14 heavy (non-hydrogen) atoms. The summed E-state index contributed by atoms with van der Waals surface area (Å²) in [7, 11) is 0. The van der Waals surface area contributed by atoms with E-state index in [1.807, 2.05) is 19.1 Å².